The first-order valence-electron chi connectivity index (χ1n) is 8.63. The predicted octanol–water partition coefficient (Wildman–Crippen LogP) is -1.10. The third-order valence-corrected chi connectivity index (χ3v) is 7.58. The maximum Gasteiger partial charge on any atom is 0.353 e. The number of carboxylic acids is 1. The Morgan fingerprint density at radius 1 is 1.43 bits per heavy atom. The van der Waals surface area contributed by atoms with Crippen LogP contribution in [0.25, 0.3) is 0 Å². The van der Waals surface area contributed by atoms with E-state index in [0.29, 0.717) is 24.3 Å². The third-order valence-electron chi connectivity index (χ3n) is 4.65. The van der Waals surface area contributed by atoms with Gasteiger partial charge in [0.2, 0.25) is 11.5 Å². The molecule has 0 saturated carbocycles. The highest BCUT2D eigenvalue weighted by molar-refractivity contribution is 8.18. The van der Waals surface area contributed by atoms with Gasteiger partial charge in [0.25, 0.3) is 11.8 Å². The van der Waals surface area contributed by atoms with E-state index in [-0.39, 0.29) is 21.2 Å². The molecule has 0 spiro atoms. The number of carboxylic acid groups (broad SMARTS) is 1. The number of nitrogens with zero attached hydrogens (tertiary/aromatic N) is 4. The molecule has 4 heterocycles. The molecular formula is C14H16N8O5S3. The summed E-state index contributed by atoms with van der Waals surface area (Å²) < 4.78 is 3.89. The number of carbonyl (C=O) groups is 3. The van der Waals surface area contributed by atoms with Crippen LogP contribution in [0.1, 0.15) is 18.7 Å². The Morgan fingerprint density at radius 2 is 2.23 bits per heavy atom. The SMILES string of the molecule is Nc1nc(/C(=N/O)C(=O)NC2C(=O)N3C(C(=O)O)=C(SC4CNNS4)CCC23)ns1. The number of β-lactam (4-membered cyclic amide) rings is 1. The number of rotatable bonds is 6. The number of thioether (sulfide) groups is 1. The maximum absolute atomic E-state index is 12.7. The molecule has 1 aromatic rings. The molecule has 0 bridgehead atoms. The summed E-state index contributed by atoms with van der Waals surface area (Å²) in [6.45, 7) is 0.653. The Bertz CT molecular complexity index is 959. The molecule has 3 atom stereocenters. The van der Waals surface area contributed by atoms with Gasteiger partial charge < -0.3 is 21.4 Å². The summed E-state index contributed by atoms with van der Waals surface area (Å²) in [5.74, 6) is -2.74. The molecule has 0 radical (unpaired) electrons. The highest BCUT2D eigenvalue weighted by Gasteiger charge is 2.54. The minimum absolute atomic E-state index is 0.0516. The zero-order valence-electron chi connectivity index (χ0n) is 15.1. The van der Waals surface area contributed by atoms with Crippen LogP contribution in [0.3, 0.4) is 0 Å². The van der Waals surface area contributed by atoms with Crippen molar-refractivity contribution in [3.63, 3.8) is 0 Å². The number of nitrogens with two attached hydrogens (primary N) is 1. The Morgan fingerprint density at radius 3 is 2.83 bits per heavy atom. The van der Waals surface area contributed by atoms with Gasteiger partial charge in [-0.2, -0.15) is 9.36 Å². The second kappa shape index (κ2) is 8.38. The predicted molar refractivity (Wildman–Crippen MR) is 109 cm³/mol. The van der Waals surface area contributed by atoms with Crippen molar-refractivity contribution >= 4 is 63.9 Å². The van der Waals surface area contributed by atoms with E-state index in [2.05, 4.69) is 30.1 Å². The van der Waals surface area contributed by atoms with Gasteiger partial charge in [-0.15, -0.1) is 11.8 Å². The van der Waals surface area contributed by atoms with Crippen molar-refractivity contribution in [1.29, 1.82) is 0 Å². The molecule has 1 aromatic heterocycles. The molecular weight excluding hydrogens is 456 g/mol. The summed E-state index contributed by atoms with van der Waals surface area (Å²) in [4.78, 5) is 45.6. The number of hydrazine groups is 1. The fourth-order valence-corrected chi connectivity index (χ4v) is 5.98. The summed E-state index contributed by atoms with van der Waals surface area (Å²) in [5.41, 5.74) is 7.90. The van der Waals surface area contributed by atoms with E-state index in [0.717, 1.165) is 11.5 Å². The van der Waals surface area contributed by atoms with Crippen molar-refractivity contribution < 1.29 is 24.7 Å². The summed E-state index contributed by atoms with van der Waals surface area (Å²) in [6, 6.07) is -1.44. The minimum Gasteiger partial charge on any atom is -0.477 e. The molecule has 16 heteroatoms. The normalized spacial score (nSPS) is 26.4. The van der Waals surface area contributed by atoms with Crippen molar-refractivity contribution in [3.8, 4) is 0 Å². The molecule has 4 rings (SSSR count). The minimum atomic E-state index is -1.19. The maximum atomic E-state index is 12.7. The number of nitrogens with one attached hydrogen (secondary N) is 3. The van der Waals surface area contributed by atoms with Gasteiger partial charge in [0.05, 0.1) is 10.6 Å². The summed E-state index contributed by atoms with van der Waals surface area (Å²) in [5, 5.41) is 24.3. The number of aromatic nitrogens is 2. The molecule has 7 N–H and O–H groups in total. The largest absolute Gasteiger partial charge is 0.477 e. The van der Waals surface area contributed by atoms with Crippen LogP contribution in [-0.2, 0) is 14.4 Å². The Labute approximate surface area is 181 Å². The number of anilines is 1. The van der Waals surface area contributed by atoms with Gasteiger partial charge in [-0.25, -0.2) is 15.1 Å². The molecule has 160 valence electrons. The standard InChI is InChI=1S/C14H16N8O5S3/c15-14-18-10(20-30-14)8(19-27)11(23)17-7-4-1-2-5(28-6-3-16-21-29-6)9(13(25)26)22(4)12(7)24/h4,6-7,16,21,27H,1-3H2,(H,17,23)(H,25,26)(H2,15,18,20)/b19-8-. The van der Waals surface area contributed by atoms with E-state index >= 15 is 0 Å². The number of hydrogen-bond donors (Lipinski definition) is 6. The molecule has 0 aromatic carbocycles. The van der Waals surface area contributed by atoms with Crippen LogP contribution in [0.5, 0.6) is 0 Å². The molecule has 30 heavy (non-hydrogen) atoms. The van der Waals surface area contributed by atoms with Crippen molar-refractivity contribution in [3.05, 3.63) is 16.4 Å². The summed E-state index contributed by atoms with van der Waals surface area (Å²) in [7, 11) is 0. The first kappa shape index (κ1) is 20.9. The van der Waals surface area contributed by atoms with E-state index in [4.69, 9.17) is 10.9 Å². The Balaban J connectivity index is 1.49. The van der Waals surface area contributed by atoms with Gasteiger partial charge >= 0.3 is 5.97 Å². The zero-order valence-corrected chi connectivity index (χ0v) is 17.5. The summed E-state index contributed by atoms with van der Waals surface area (Å²) >= 11 is 3.67. The van der Waals surface area contributed by atoms with Gasteiger partial charge in [0.1, 0.15) is 11.7 Å². The number of allylic oxidation sites excluding steroid dienone is 1. The lowest BCUT2D eigenvalue weighted by Gasteiger charge is -2.50. The van der Waals surface area contributed by atoms with Gasteiger partial charge in [-0.3, -0.25) is 14.5 Å². The van der Waals surface area contributed by atoms with E-state index < -0.39 is 35.6 Å². The van der Waals surface area contributed by atoms with Crippen molar-refractivity contribution in [2.75, 3.05) is 12.3 Å². The van der Waals surface area contributed by atoms with E-state index in [9.17, 15) is 19.5 Å². The lowest BCUT2D eigenvalue weighted by Crippen LogP contribution is -2.72. The highest BCUT2D eigenvalue weighted by atomic mass is 32.2. The molecule has 2 fully saturated rings. The second-order valence-corrected chi connectivity index (χ2v) is 9.78. The van der Waals surface area contributed by atoms with Crippen molar-refractivity contribution in [2.45, 2.75) is 29.5 Å². The number of fused-ring (bicyclic) bond motifs is 1. The number of oxime groups is 1. The average Bonchev–Trinajstić information content (AvgIpc) is 3.38. The smallest absolute Gasteiger partial charge is 0.353 e. The van der Waals surface area contributed by atoms with Gasteiger partial charge in [-0.05, 0) is 12.8 Å². The summed E-state index contributed by atoms with van der Waals surface area (Å²) in [6.07, 6.45) is 0.955. The molecule has 13 nitrogen and oxygen atoms in total. The Hall–Kier alpha value is -2.40. The lowest BCUT2D eigenvalue weighted by atomic mass is 9.86. The number of nitrogen functional groups attached to an aromatic ring is 1. The molecule has 3 unspecified atom stereocenters. The van der Waals surface area contributed by atoms with Crippen molar-refractivity contribution in [1.82, 2.24) is 29.8 Å². The molecule has 3 aliphatic rings. The average molecular weight is 473 g/mol. The number of carbonyl (C=O) groups excluding carboxylic acids is 2. The third kappa shape index (κ3) is 3.71. The fraction of sp³-hybridized carbons (Fsp3) is 0.429. The number of amides is 2. The van der Waals surface area contributed by atoms with Crippen LogP contribution in [0.4, 0.5) is 5.13 Å². The topological polar surface area (TPSA) is 195 Å². The van der Waals surface area contributed by atoms with Crippen LogP contribution in [-0.4, -0.2) is 71.3 Å². The molecule has 2 amide bonds. The first-order valence-corrected chi connectivity index (χ1v) is 11.2. The van der Waals surface area contributed by atoms with Crippen LogP contribution in [0, 0.1) is 0 Å². The fourth-order valence-electron chi connectivity index (χ4n) is 3.37. The quantitative estimate of drug-likeness (QED) is 0.0963. The van der Waals surface area contributed by atoms with E-state index in [1.54, 1.807) is 0 Å². The second-order valence-electron chi connectivity index (χ2n) is 6.40. The van der Waals surface area contributed by atoms with Gasteiger partial charge in [0, 0.05) is 23.0 Å². The van der Waals surface area contributed by atoms with Crippen LogP contribution >= 0.6 is 35.2 Å². The van der Waals surface area contributed by atoms with Crippen LogP contribution in [0.2, 0.25) is 0 Å². The van der Waals surface area contributed by atoms with Crippen LogP contribution < -0.4 is 21.3 Å². The lowest BCUT2D eigenvalue weighted by molar-refractivity contribution is -0.155. The molecule has 2 saturated heterocycles. The van der Waals surface area contributed by atoms with Crippen molar-refractivity contribution in [2.24, 2.45) is 5.16 Å². The number of aliphatic carboxylic acids is 1. The van der Waals surface area contributed by atoms with E-state index in [1.807, 2.05) is 0 Å². The van der Waals surface area contributed by atoms with Gasteiger partial charge in [0.15, 0.2) is 5.13 Å². The van der Waals surface area contributed by atoms with Crippen LogP contribution in [0.15, 0.2) is 15.8 Å². The molecule has 0 aliphatic carbocycles. The highest BCUT2D eigenvalue weighted by Crippen LogP contribution is 2.43. The Kier molecular flexibility index (Phi) is 5.83. The van der Waals surface area contributed by atoms with Gasteiger partial charge in [-0.1, -0.05) is 17.1 Å². The monoisotopic (exact) mass is 472 g/mol. The zero-order chi connectivity index (χ0) is 21.4. The first-order chi connectivity index (χ1) is 14.4. The molecule has 3 aliphatic heterocycles. The van der Waals surface area contributed by atoms with E-state index in [1.165, 1.54) is 28.6 Å². The number of hydrogen-bond acceptors (Lipinski definition) is 13.